The number of thioether (sulfide) groups is 1. The van der Waals surface area contributed by atoms with Gasteiger partial charge in [-0.05, 0) is 54.8 Å². The first kappa shape index (κ1) is 17.0. The molecule has 5 nitrogen and oxygen atoms in total. The molecular formula is C20H21N3O2S. The Labute approximate surface area is 157 Å². The predicted molar refractivity (Wildman–Crippen MR) is 107 cm³/mol. The van der Waals surface area contributed by atoms with E-state index in [0.717, 1.165) is 31.1 Å². The second kappa shape index (κ2) is 7.41. The fourth-order valence-corrected chi connectivity index (χ4v) is 3.88. The Morgan fingerprint density at radius 1 is 1.19 bits per heavy atom. The Kier molecular flexibility index (Phi) is 4.84. The maximum atomic E-state index is 12.2. The second-order valence-electron chi connectivity index (χ2n) is 6.37. The molecule has 0 bridgehead atoms. The average molecular weight is 367 g/mol. The standard InChI is InChI=1S/C20H21N3O2S/c1-2-14-5-7-15(8-6-14)21-20-22-19(24)17(26-20)13-16-9-10-18(25-16)23-11-3-4-12-23/h5-10,13H,2-4,11-12H2,1H3,(H,21,22,24)/b17-13-. The highest BCUT2D eigenvalue weighted by Gasteiger charge is 2.24. The fraction of sp³-hybridized carbons (Fsp3) is 0.300. The highest BCUT2D eigenvalue weighted by atomic mass is 32.2. The molecular weight excluding hydrogens is 346 g/mol. The largest absolute Gasteiger partial charge is 0.441 e. The summed E-state index contributed by atoms with van der Waals surface area (Å²) >= 11 is 1.34. The maximum Gasteiger partial charge on any atom is 0.264 e. The molecule has 0 atom stereocenters. The van der Waals surface area contributed by atoms with Gasteiger partial charge in [-0.3, -0.25) is 4.79 Å². The van der Waals surface area contributed by atoms with E-state index in [4.69, 9.17) is 4.42 Å². The Bertz CT molecular complexity index is 861. The summed E-state index contributed by atoms with van der Waals surface area (Å²) in [6.45, 7) is 4.19. The van der Waals surface area contributed by atoms with E-state index in [0.29, 0.717) is 15.8 Å². The lowest BCUT2D eigenvalue weighted by atomic mass is 10.2. The number of nitrogens with one attached hydrogen (secondary N) is 1. The molecule has 1 aromatic carbocycles. The Hall–Kier alpha value is -2.47. The molecule has 4 rings (SSSR count). The van der Waals surface area contributed by atoms with Crippen LogP contribution in [-0.2, 0) is 11.2 Å². The van der Waals surface area contributed by atoms with Gasteiger partial charge in [0.15, 0.2) is 11.1 Å². The summed E-state index contributed by atoms with van der Waals surface area (Å²) in [5.74, 6) is 1.43. The first-order chi connectivity index (χ1) is 12.7. The van der Waals surface area contributed by atoms with Crippen molar-refractivity contribution in [1.82, 2.24) is 5.32 Å². The zero-order valence-electron chi connectivity index (χ0n) is 14.7. The van der Waals surface area contributed by atoms with Crippen LogP contribution in [0.2, 0.25) is 0 Å². The minimum Gasteiger partial charge on any atom is -0.441 e. The molecule has 134 valence electrons. The maximum absolute atomic E-state index is 12.2. The van der Waals surface area contributed by atoms with Crippen LogP contribution in [0.25, 0.3) is 6.08 Å². The lowest BCUT2D eigenvalue weighted by molar-refractivity contribution is -0.115. The van der Waals surface area contributed by atoms with E-state index in [2.05, 4.69) is 34.3 Å². The zero-order valence-corrected chi connectivity index (χ0v) is 15.5. The third kappa shape index (κ3) is 3.70. The molecule has 6 heteroatoms. The van der Waals surface area contributed by atoms with Crippen LogP contribution < -0.4 is 10.2 Å². The van der Waals surface area contributed by atoms with Crippen LogP contribution in [0, 0.1) is 0 Å². The average Bonchev–Trinajstić information content (AvgIpc) is 3.38. The number of furan rings is 1. The van der Waals surface area contributed by atoms with Crippen molar-refractivity contribution in [2.45, 2.75) is 26.2 Å². The number of nitrogens with zero attached hydrogens (tertiary/aromatic N) is 2. The fourth-order valence-electron chi connectivity index (χ4n) is 3.06. The number of hydrogen-bond acceptors (Lipinski definition) is 5. The molecule has 0 radical (unpaired) electrons. The van der Waals surface area contributed by atoms with E-state index in [1.165, 1.54) is 30.2 Å². The van der Waals surface area contributed by atoms with E-state index < -0.39 is 0 Å². The molecule has 1 aromatic heterocycles. The molecule has 2 aromatic rings. The van der Waals surface area contributed by atoms with Crippen LogP contribution in [0.4, 0.5) is 11.6 Å². The van der Waals surface area contributed by atoms with Gasteiger partial charge in [0.1, 0.15) is 5.76 Å². The number of amidine groups is 1. The predicted octanol–water partition coefficient (Wildman–Crippen LogP) is 4.33. The molecule has 0 spiro atoms. The molecule has 3 heterocycles. The quantitative estimate of drug-likeness (QED) is 0.817. The first-order valence-corrected chi connectivity index (χ1v) is 9.76. The molecule has 1 N–H and O–H groups in total. The van der Waals surface area contributed by atoms with Crippen molar-refractivity contribution in [1.29, 1.82) is 0 Å². The van der Waals surface area contributed by atoms with Crippen molar-refractivity contribution in [2.75, 3.05) is 18.0 Å². The van der Waals surface area contributed by atoms with Crippen LogP contribution >= 0.6 is 11.8 Å². The number of aryl methyl sites for hydroxylation is 1. The normalized spacial score (nSPS) is 20.3. The third-order valence-electron chi connectivity index (χ3n) is 4.53. The van der Waals surface area contributed by atoms with Crippen LogP contribution in [0.1, 0.15) is 31.1 Å². The lowest BCUT2D eigenvalue weighted by Gasteiger charge is -2.12. The highest BCUT2D eigenvalue weighted by molar-refractivity contribution is 8.18. The number of hydrogen-bond donors (Lipinski definition) is 1. The number of anilines is 1. The van der Waals surface area contributed by atoms with Gasteiger partial charge in [0.05, 0.1) is 10.6 Å². The Morgan fingerprint density at radius 2 is 1.96 bits per heavy atom. The highest BCUT2D eigenvalue weighted by Crippen LogP contribution is 2.30. The minimum atomic E-state index is -0.141. The lowest BCUT2D eigenvalue weighted by Crippen LogP contribution is -2.19. The SMILES string of the molecule is CCc1ccc(N=C2NC(=O)/C(=C/c3ccc(N4CCCC4)o3)S2)cc1. The topological polar surface area (TPSA) is 57.8 Å². The van der Waals surface area contributed by atoms with Gasteiger partial charge in [0.25, 0.3) is 5.91 Å². The Balaban J connectivity index is 1.48. The van der Waals surface area contributed by atoms with Gasteiger partial charge in [-0.25, -0.2) is 4.99 Å². The summed E-state index contributed by atoms with van der Waals surface area (Å²) in [4.78, 5) is 19.5. The molecule has 0 saturated carbocycles. The van der Waals surface area contributed by atoms with Crippen molar-refractivity contribution < 1.29 is 9.21 Å². The van der Waals surface area contributed by atoms with E-state index in [1.807, 2.05) is 24.3 Å². The zero-order chi connectivity index (χ0) is 17.9. The van der Waals surface area contributed by atoms with Gasteiger partial charge in [0, 0.05) is 25.2 Å². The van der Waals surface area contributed by atoms with Crippen LogP contribution in [0.5, 0.6) is 0 Å². The van der Waals surface area contributed by atoms with E-state index in [9.17, 15) is 4.79 Å². The Morgan fingerprint density at radius 3 is 2.69 bits per heavy atom. The van der Waals surface area contributed by atoms with Gasteiger partial charge in [0.2, 0.25) is 0 Å². The molecule has 2 saturated heterocycles. The molecule has 2 aliphatic heterocycles. The molecule has 2 aliphatic rings. The molecule has 0 aliphatic carbocycles. The van der Waals surface area contributed by atoms with Crippen molar-refractivity contribution in [3.05, 3.63) is 52.6 Å². The van der Waals surface area contributed by atoms with Gasteiger partial charge in [-0.1, -0.05) is 19.1 Å². The van der Waals surface area contributed by atoms with E-state index in [-0.39, 0.29) is 5.91 Å². The van der Waals surface area contributed by atoms with Gasteiger partial charge >= 0.3 is 0 Å². The summed E-state index contributed by atoms with van der Waals surface area (Å²) < 4.78 is 5.87. The van der Waals surface area contributed by atoms with Crippen molar-refractivity contribution in [3.8, 4) is 0 Å². The van der Waals surface area contributed by atoms with Crippen molar-refractivity contribution >= 4 is 40.5 Å². The van der Waals surface area contributed by atoms with Gasteiger partial charge < -0.3 is 14.6 Å². The van der Waals surface area contributed by atoms with Crippen molar-refractivity contribution in [3.63, 3.8) is 0 Å². The van der Waals surface area contributed by atoms with Crippen LogP contribution in [-0.4, -0.2) is 24.2 Å². The summed E-state index contributed by atoms with van der Waals surface area (Å²) in [6.07, 6.45) is 5.18. The number of aliphatic imine (C=N–C) groups is 1. The smallest absolute Gasteiger partial charge is 0.264 e. The van der Waals surface area contributed by atoms with E-state index in [1.54, 1.807) is 6.08 Å². The number of carbonyl (C=O) groups is 1. The molecule has 0 unspecified atom stereocenters. The summed E-state index contributed by atoms with van der Waals surface area (Å²) in [5.41, 5.74) is 2.10. The second-order valence-corrected chi connectivity index (χ2v) is 7.40. The summed E-state index contributed by atoms with van der Waals surface area (Å²) in [6, 6.07) is 11.9. The monoisotopic (exact) mass is 367 g/mol. The number of benzene rings is 1. The summed E-state index contributed by atoms with van der Waals surface area (Å²) in [7, 11) is 0. The molecule has 26 heavy (non-hydrogen) atoms. The van der Waals surface area contributed by atoms with Gasteiger partial charge in [-0.2, -0.15) is 0 Å². The van der Waals surface area contributed by atoms with Crippen molar-refractivity contribution in [2.24, 2.45) is 4.99 Å². The number of carbonyl (C=O) groups excluding carboxylic acids is 1. The van der Waals surface area contributed by atoms with Gasteiger partial charge in [-0.15, -0.1) is 0 Å². The minimum absolute atomic E-state index is 0.141. The number of amides is 1. The van der Waals surface area contributed by atoms with E-state index >= 15 is 0 Å². The molecule has 2 fully saturated rings. The summed E-state index contributed by atoms with van der Waals surface area (Å²) in [5, 5.41) is 3.41. The molecule has 1 amide bonds. The first-order valence-electron chi connectivity index (χ1n) is 8.94. The number of rotatable bonds is 4. The third-order valence-corrected chi connectivity index (χ3v) is 5.44. The van der Waals surface area contributed by atoms with Crippen LogP contribution in [0.15, 0.2) is 50.7 Å². The van der Waals surface area contributed by atoms with Crippen LogP contribution in [0.3, 0.4) is 0 Å².